The summed E-state index contributed by atoms with van der Waals surface area (Å²) < 4.78 is 0. The van der Waals surface area contributed by atoms with E-state index in [1.54, 1.807) is 0 Å². The predicted molar refractivity (Wildman–Crippen MR) is 78.1 cm³/mol. The lowest BCUT2D eigenvalue weighted by Crippen LogP contribution is -2.47. The zero-order valence-corrected chi connectivity index (χ0v) is 12.5. The first-order valence-corrected chi connectivity index (χ1v) is 7.90. The number of carbonyl (C=O) groups excluding carboxylic acids is 1. The van der Waals surface area contributed by atoms with Gasteiger partial charge in [-0.05, 0) is 58.8 Å². The van der Waals surface area contributed by atoms with Crippen LogP contribution in [0.1, 0.15) is 39.0 Å². The highest BCUT2D eigenvalue weighted by atomic mass is 16.2. The number of hydrogen-bond acceptors (Lipinski definition) is 3. The Morgan fingerprint density at radius 3 is 2.53 bits per heavy atom. The van der Waals surface area contributed by atoms with Crippen LogP contribution in [0.4, 0.5) is 0 Å². The Bertz CT molecular complexity index is 287. The summed E-state index contributed by atoms with van der Waals surface area (Å²) in [5, 5.41) is 3.22. The van der Waals surface area contributed by atoms with E-state index in [9.17, 15) is 4.79 Å². The Kier molecular flexibility index (Phi) is 5.64. The van der Waals surface area contributed by atoms with Crippen molar-refractivity contribution < 1.29 is 4.79 Å². The number of likely N-dealkylation sites (tertiary alicyclic amines) is 2. The van der Waals surface area contributed by atoms with E-state index in [1.165, 1.54) is 25.7 Å². The molecule has 2 unspecified atom stereocenters. The first-order chi connectivity index (χ1) is 9.22. The molecule has 1 amide bonds. The molecule has 0 aromatic rings. The highest BCUT2D eigenvalue weighted by Crippen LogP contribution is 2.19. The Labute approximate surface area is 117 Å². The minimum Gasteiger partial charge on any atom is -0.341 e. The number of carbonyl (C=O) groups is 1. The maximum absolute atomic E-state index is 12.6. The molecule has 0 aromatic carbocycles. The van der Waals surface area contributed by atoms with Gasteiger partial charge in [0.1, 0.15) is 0 Å². The minimum atomic E-state index is 0.0754. The van der Waals surface area contributed by atoms with Crippen LogP contribution in [0.2, 0.25) is 0 Å². The molecule has 0 aliphatic carbocycles. The average molecular weight is 267 g/mol. The number of nitrogens with one attached hydrogen (secondary N) is 1. The lowest BCUT2D eigenvalue weighted by Gasteiger charge is -2.30. The van der Waals surface area contributed by atoms with E-state index in [0.717, 1.165) is 39.1 Å². The van der Waals surface area contributed by atoms with Crippen molar-refractivity contribution in [3.05, 3.63) is 0 Å². The van der Waals surface area contributed by atoms with Gasteiger partial charge in [0.25, 0.3) is 0 Å². The maximum Gasteiger partial charge on any atom is 0.239 e. The molecule has 19 heavy (non-hydrogen) atoms. The van der Waals surface area contributed by atoms with Crippen LogP contribution in [-0.4, -0.2) is 61.5 Å². The second-order valence-electron chi connectivity index (χ2n) is 6.12. The molecule has 2 aliphatic rings. The van der Waals surface area contributed by atoms with Crippen molar-refractivity contribution in [1.29, 1.82) is 0 Å². The van der Waals surface area contributed by atoms with Crippen LogP contribution < -0.4 is 5.32 Å². The highest BCUT2D eigenvalue weighted by Gasteiger charge is 2.31. The molecular formula is C15H29N3O. The van der Waals surface area contributed by atoms with E-state index >= 15 is 0 Å². The van der Waals surface area contributed by atoms with Crippen molar-refractivity contribution in [3.63, 3.8) is 0 Å². The Morgan fingerprint density at radius 1 is 1.21 bits per heavy atom. The van der Waals surface area contributed by atoms with Gasteiger partial charge in [0.15, 0.2) is 0 Å². The molecule has 110 valence electrons. The summed E-state index contributed by atoms with van der Waals surface area (Å²) >= 11 is 0. The smallest absolute Gasteiger partial charge is 0.239 e. The molecular weight excluding hydrogens is 238 g/mol. The van der Waals surface area contributed by atoms with Crippen LogP contribution in [0.15, 0.2) is 0 Å². The Balaban J connectivity index is 1.84. The highest BCUT2D eigenvalue weighted by molar-refractivity contribution is 5.81. The van der Waals surface area contributed by atoms with Crippen molar-refractivity contribution in [3.8, 4) is 0 Å². The Morgan fingerprint density at radius 2 is 1.89 bits per heavy atom. The van der Waals surface area contributed by atoms with Crippen LogP contribution in [0.3, 0.4) is 0 Å². The van der Waals surface area contributed by atoms with Gasteiger partial charge in [-0.25, -0.2) is 0 Å². The number of hydrogen-bond donors (Lipinski definition) is 1. The monoisotopic (exact) mass is 267 g/mol. The molecule has 2 aliphatic heterocycles. The zero-order valence-electron chi connectivity index (χ0n) is 12.5. The molecule has 2 atom stereocenters. The summed E-state index contributed by atoms with van der Waals surface area (Å²) in [4.78, 5) is 17.0. The molecule has 2 fully saturated rings. The molecule has 2 saturated heterocycles. The van der Waals surface area contributed by atoms with Crippen LogP contribution in [-0.2, 0) is 4.79 Å². The molecule has 4 nitrogen and oxygen atoms in total. The SMILES string of the molecule is CNCC1CCN(C(=O)C(C)N2CCCCCC2)C1. The van der Waals surface area contributed by atoms with Crippen LogP contribution in [0.5, 0.6) is 0 Å². The summed E-state index contributed by atoms with van der Waals surface area (Å²) in [5.41, 5.74) is 0. The molecule has 0 bridgehead atoms. The Hall–Kier alpha value is -0.610. The second kappa shape index (κ2) is 7.25. The quantitative estimate of drug-likeness (QED) is 0.834. The fraction of sp³-hybridized carbons (Fsp3) is 0.933. The van der Waals surface area contributed by atoms with E-state index in [-0.39, 0.29) is 6.04 Å². The molecule has 0 saturated carbocycles. The fourth-order valence-electron chi connectivity index (χ4n) is 3.39. The summed E-state index contributed by atoms with van der Waals surface area (Å²) in [7, 11) is 1.99. The molecule has 4 heteroatoms. The molecule has 2 heterocycles. The van der Waals surface area contributed by atoms with Crippen molar-refractivity contribution in [2.24, 2.45) is 5.92 Å². The standard InChI is InChI=1S/C15H29N3O/c1-13(17-8-5-3-4-6-9-17)15(19)18-10-7-14(12-18)11-16-2/h13-14,16H,3-12H2,1-2H3. The van der Waals surface area contributed by atoms with E-state index in [1.807, 2.05) is 7.05 Å². The van der Waals surface area contributed by atoms with E-state index < -0.39 is 0 Å². The molecule has 2 rings (SSSR count). The fourth-order valence-corrected chi connectivity index (χ4v) is 3.39. The first-order valence-electron chi connectivity index (χ1n) is 7.90. The molecule has 0 spiro atoms. The van der Waals surface area contributed by atoms with E-state index in [0.29, 0.717) is 11.8 Å². The van der Waals surface area contributed by atoms with Gasteiger partial charge < -0.3 is 10.2 Å². The van der Waals surface area contributed by atoms with Gasteiger partial charge in [-0.3, -0.25) is 9.69 Å². The van der Waals surface area contributed by atoms with Crippen molar-refractivity contribution >= 4 is 5.91 Å². The van der Waals surface area contributed by atoms with Crippen LogP contribution in [0, 0.1) is 5.92 Å². The van der Waals surface area contributed by atoms with Crippen molar-refractivity contribution in [2.75, 3.05) is 39.8 Å². The van der Waals surface area contributed by atoms with Crippen molar-refractivity contribution in [2.45, 2.75) is 45.1 Å². The van der Waals surface area contributed by atoms with Gasteiger partial charge in [-0.1, -0.05) is 12.8 Å². The number of nitrogens with zero attached hydrogens (tertiary/aromatic N) is 2. The van der Waals surface area contributed by atoms with Gasteiger partial charge in [-0.2, -0.15) is 0 Å². The minimum absolute atomic E-state index is 0.0754. The summed E-state index contributed by atoms with van der Waals surface area (Å²) in [5.74, 6) is 0.991. The lowest BCUT2D eigenvalue weighted by atomic mass is 10.1. The van der Waals surface area contributed by atoms with Crippen molar-refractivity contribution in [1.82, 2.24) is 15.1 Å². The summed E-state index contributed by atoms with van der Waals surface area (Å²) in [6.45, 7) is 7.21. The normalized spacial score (nSPS) is 27.3. The third kappa shape index (κ3) is 3.93. The largest absolute Gasteiger partial charge is 0.341 e. The van der Waals surface area contributed by atoms with Crippen LogP contribution in [0.25, 0.3) is 0 Å². The zero-order chi connectivity index (χ0) is 13.7. The second-order valence-corrected chi connectivity index (χ2v) is 6.12. The number of amides is 1. The maximum atomic E-state index is 12.6. The summed E-state index contributed by atoms with van der Waals surface area (Å²) in [6.07, 6.45) is 6.30. The first kappa shape index (κ1) is 14.8. The van der Waals surface area contributed by atoms with E-state index in [4.69, 9.17) is 0 Å². The van der Waals surface area contributed by atoms with E-state index in [2.05, 4.69) is 22.0 Å². The third-order valence-corrected chi connectivity index (χ3v) is 4.64. The molecule has 0 radical (unpaired) electrons. The number of rotatable bonds is 4. The van der Waals surface area contributed by atoms with Gasteiger partial charge in [-0.15, -0.1) is 0 Å². The molecule has 1 N–H and O–H groups in total. The van der Waals surface area contributed by atoms with Gasteiger partial charge in [0, 0.05) is 13.1 Å². The lowest BCUT2D eigenvalue weighted by molar-refractivity contribution is -0.135. The summed E-state index contributed by atoms with van der Waals surface area (Å²) in [6, 6.07) is 0.0754. The molecule has 0 aromatic heterocycles. The average Bonchev–Trinajstić information content (AvgIpc) is 2.72. The van der Waals surface area contributed by atoms with Gasteiger partial charge in [0.2, 0.25) is 5.91 Å². The van der Waals surface area contributed by atoms with Crippen LogP contribution >= 0.6 is 0 Å². The topological polar surface area (TPSA) is 35.6 Å². The predicted octanol–water partition coefficient (Wildman–Crippen LogP) is 1.32. The van der Waals surface area contributed by atoms with Gasteiger partial charge >= 0.3 is 0 Å². The third-order valence-electron chi connectivity index (χ3n) is 4.64. The van der Waals surface area contributed by atoms with Gasteiger partial charge in [0.05, 0.1) is 6.04 Å².